The molecule has 2 nitrogen and oxygen atoms in total. The van der Waals surface area contributed by atoms with Gasteiger partial charge in [0.1, 0.15) is 5.60 Å². The summed E-state index contributed by atoms with van der Waals surface area (Å²) in [6.07, 6.45) is 6.60. The van der Waals surface area contributed by atoms with E-state index in [-0.39, 0.29) is 11.0 Å². The van der Waals surface area contributed by atoms with Crippen molar-refractivity contribution in [3.8, 4) is 0 Å². The van der Waals surface area contributed by atoms with Crippen LogP contribution in [0.4, 0.5) is 0 Å². The maximum Gasteiger partial charge on any atom is 0.293 e. The van der Waals surface area contributed by atoms with Crippen LogP contribution in [0.15, 0.2) is 0 Å². The van der Waals surface area contributed by atoms with E-state index in [9.17, 15) is 4.79 Å². The summed E-state index contributed by atoms with van der Waals surface area (Å²) in [5, 5.41) is 0. The Bertz CT molecular complexity index is 298. The van der Waals surface area contributed by atoms with Crippen LogP contribution in [0.5, 0.6) is 0 Å². The van der Waals surface area contributed by atoms with Crippen molar-refractivity contribution in [1.82, 2.24) is 0 Å². The van der Waals surface area contributed by atoms with Gasteiger partial charge < -0.3 is 4.74 Å². The molecular formula is C15H24O2. The molecule has 0 aromatic rings. The van der Waals surface area contributed by atoms with Gasteiger partial charge in [-0.2, -0.15) is 0 Å². The van der Waals surface area contributed by atoms with Crippen LogP contribution in [-0.2, 0) is 9.53 Å². The topological polar surface area (TPSA) is 26.3 Å². The maximum atomic E-state index is 11.0. The highest BCUT2D eigenvalue weighted by Crippen LogP contribution is 2.64. The van der Waals surface area contributed by atoms with Crippen LogP contribution in [0.25, 0.3) is 0 Å². The first-order valence-corrected chi connectivity index (χ1v) is 7.09. The normalized spacial score (nSPS) is 48.2. The fourth-order valence-electron chi connectivity index (χ4n) is 5.56. The molecule has 0 amide bonds. The average molecular weight is 236 g/mol. The van der Waals surface area contributed by atoms with Crippen molar-refractivity contribution in [3.05, 3.63) is 0 Å². The second-order valence-electron chi connectivity index (χ2n) is 7.56. The third-order valence-corrected chi connectivity index (χ3v) is 5.77. The van der Waals surface area contributed by atoms with Crippen molar-refractivity contribution in [2.24, 2.45) is 29.1 Å². The molecule has 4 rings (SSSR count). The van der Waals surface area contributed by atoms with E-state index < -0.39 is 0 Å². The summed E-state index contributed by atoms with van der Waals surface area (Å²) in [5.41, 5.74) is -0.112. The Labute approximate surface area is 104 Å². The number of hydrogen-bond acceptors (Lipinski definition) is 2. The molecule has 4 aliphatic rings. The molecule has 17 heavy (non-hydrogen) atoms. The molecule has 0 unspecified atom stereocenters. The number of carbonyl (C=O) groups excluding carboxylic acids is 1. The highest BCUT2D eigenvalue weighted by Gasteiger charge is 2.63. The minimum absolute atomic E-state index is 0.0660. The van der Waals surface area contributed by atoms with Crippen LogP contribution in [0, 0.1) is 29.1 Å². The van der Waals surface area contributed by atoms with Gasteiger partial charge in [-0.1, -0.05) is 20.8 Å². The number of rotatable bonds is 2. The van der Waals surface area contributed by atoms with E-state index in [1.165, 1.54) is 32.1 Å². The lowest BCUT2D eigenvalue weighted by Crippen LogP contribution is -2.64. The second kappa shape index (κ2) is 3.49. The van der Waals surface area contributed by atoms with Crippen molar-refractivity contribution >= 4 is 6.47 Å². The second-order valence-corrected chi connectivity index (χ2v) is 7.56. The van der Waals surface area contributed by atoms with Crippen molar-refractivity contribution in [1.29, 1.82) is 0 Å². The fraction of sp³-hybridized carbons (Fsp3) is 0.933. The molecule has 0 heterocycles. The van der Waals surface area contributed by atoms with E-state index in [0.29, 0.717) is 18.3 Å². The number of carbonyl (C=O) groups is 1. The Morgan fingerprint density at radius 3 is 1.82 bits per heavy atom. The smallest absolute Gasteiger partial charge is 0.293 e. The number of ether oxygens (including phenoxy) is 1. The van der Waals surface area contributed by atoms with Crippen LogP contribution in [0.1, 0.15) is 52.9 Å². The molecule has 4 bridgehead atoms. The molecule has 0 N–H and O–H groups in total. The van der Waals surface area contributed by atoms with Crippen molar-refractivity contribution in [2.45, 2.75) is 58.5 Å². The lowest BCUT2D eigenvalue weighted by molar-refractivity contribution is -0.235. The van der Waals surface area contributed by atoms with Crippen LogP contribution in [0.3, 0.4) is 0 Å². The molecule has 96 valence electrons. The van der Waals surface area contributed by atoms with Gasteiger partial charge in [0.25, 0.3) is 6.47 Å². The zero-order valence-corrected chi connectivity index (χ0v) is 11.2. The van der Waals surface area contributed by atoms with E-state index in [4.69, 9.17) is 4.74 Å². The van der Waals surface area contributed by atoms with Gasteiger partial charge in [-0.15, -0.1) is 0 Å². The van der Waals surface area contributed by atoms with Crippen LogP contribution in [-0.4, -0.2) is 12.1 Å². The van der Waals surface area contributed by atoms with Crippen molar-refractivity contribution in [2.75, 3.05) is 0 Å². The molecule has 0 aromatic carbocycles. The molecule has 0 aliphatic heterocycles. The molecule has 0 radical (unpaired) electrons. The maximum absolute atomic E-state index is 11.0. The predicted molar refractivity (Wildman–Crippen MR) is 66.4 cm³/mol. The first-order valence-electron chi connectivity index (χ1n) is 7.09. The van der Waals surface area contributed by atoms with Gasteiger partial charge >= 0.3 is 0 Å². The number of hydrogen-bond donors (Lipinski definition) is 0. The first-order chi connectivity index (χ1) is 7.97. The Morgan fingerprint density at radius 2 is 1.47 bits per heavy atom. The van der Waals surface area contributed by atoms with E-state index in [0.717, 1.165) is 11.8 Å². The summed E-state index contributed by atoms with van der Waals surface area (Å²) in [6, 6.07) is 0. The van der Waals surface area contributed by atoms with Gasteiger partial charge in [0.05, 0.1) is 0 Å². The summed E-state index contributed by atoms with van der Waals surface area (Å²) in [5.74, 6) is 3.07. The van der Waals surface area contributed by atoms with Crippen LogP contribution >= 0.6 is 0 Å². The van der Waals surface area contributed by atoms with E-state index in [1.807, 2.05) is 0 Å². The van der Waals surface area contributed by atoms with Crippen LogP contribution < -0.4 is 0 Å². The molecule has 0 aromatic heterocycles. The summed E-state index contributed by atoms with van der Waals surface area (Å²) in [7, 11) is 0. The summed E-state index contributed by atoms with van der Waals surface area (Å²) in [6.45, 7) is 7.46. The zero-order chi connectivity index (χ0) is 12.3. The van der Waals surface area contributed by atoms with Gasteiger partial charge in [-0.05, 0) is 43.9 Å². The highest BCUT2D eigenvalue weighted by molar-refractivity contribution is 5.40. The molecule has 0 atom stereocenters. The van der Waals surface area contributed by atoms with Gasteiger partial charge in [-0.25, -0.2) is 0 Å². The lowest BCUT2D eigenvalue weighted by atomic mass is 9.45. The Morgan fingerprint density at radius 1 is 1.00 bits per heavy atom. The zero-order valence-electron chi connectivity index (χ0n) is 11.2. The third-order valence-electron chi connectivity index (χ3n) is 5.77. The lowest BCUT2D eigenvalue weighted by Gasteiger charge is -2.64. The molecule has 2 heteroatoms. The van der Waals surface area contributed by atoms with Gasteiger partial charge in [0.15, 0.2) is 0 Å². The van der Waals surface area contributed by atoms with Crippen LogP contribution in [0.2, 0.25) is 0 Å². The summed E-state index contributed by atoms with van der Waals surface area (Å²) >= 11 is 0. The van der Waals surface area contributed by atoms with E-state index in [2.05, 4.69) is 20.8 Å². The fourth-order valence-corrected chi connectivity index (χ4v) is 5.56. The summed E-state index contributed by atoms with van der Waals surface area (Å²) in [4.78, 5) is 11.0. The molecule has 4 aliphatic carbocycles. The van der Waals surface area contributed by atoms with E-state index in [1.54, 1.807) is 0 Å². The Kier molecular flexibility index (Phi) is 2.37. The molecular weight excluding hydrogens is 212 g/mol. The predicted octanol–water partition coefficient (Wildman–Crippen LogP) is 3.40. The molecule has 0 spiro atoms. The van der Waals surface area contributed by atoms with Crippen molar-refractivity contribution in [3.63, 3.8) is 0 Å². The minimum atomic E-state index is -0.178. The van der Waals surface area contributed by atoms with Gasteiger partial charge in [0.2, 0.25) is 0 Å². The minimum Gasteiger partial charge on any atom is -0.460 e. The molecule has 4 saturated carbocycles. The largest absolute Gasteiger partial charge is 0.460 e. The first kappa shape index (κ1) is 11.6. The molecule has 4 fully saturated rings. The molecule has 0 saturated heterocycles. The summed E-state index contributed by atoms with van der Waals surface area (Å²) < 4.78 is 5.79. The monoisotopic (exact) mass is 236 g/mol. The van der Waals surface area contributed by atoms with Gasteiger partial charge in [0, 0.05) is 17.3 Å². The van der Waals surface area contributed by atoms with Crippen molar-refractivity contribution < 1.29 is 9.53 Å². The third kappa shape index (κ3) is 1.42. The average Bonchev–Trinajstić information content (AvgIpc) is 2.20. The van der Waals surface area contributed by atoms with Gasteiger partial charge in [-0.3, -0.25) is 4.79 Å². The highest BCUT2D eigenvalue weighted by atomic mass is 16.5. The SMILES string of the molecule is CC(C)(C)C1(OC=O)C2CC3CC(C2)CC1C3. The quantitative estimate of drug-likeness (QED) is 0.687. The van der Waals surface area contributed by atoms with E-state index >= 15 is 0 Å². The Balaban J connectivity index is 2.01. The Hall–Kier alpha value is -0.530. The standard InChI is InChI=1S/C15H24O2/c1-14(2,3)15(17-9-16)12-5-10-4-11(7-12)8-13(15)6-10/h9-13H,4-8H2,1-3H3.